The van der Waals surface area contributed by atoms with Crippen molar-refractivity contribution in [2.24, 2.45) is 0 Å². The zero-order chi connectivity index (χ0) is 17.7. The molecular weight excluding hydrogens is 296 g/mol. The van der Waals surface area contributed by atoms with Crippen molar-refractivity contribution < 1.29 is 9.53 Å². The number of rotatable bonds is 19. The molecule has 0 saturated heterocycles. The Hall–Kier alpha value is -0.530. The smallest absolute Gasteiger partial charge is 0.302 e. The minimum Gasteiger partial charge on any atom is -0.466 e. The van der Waals surface area contributed by atoms with Gasteiger partial charge in [-0.2, -0.15) is 0 Å². The predicted octanol–water partition coefficient (Wildman–Crippen LogP) is 7.59. The summed E-state index contributed by atoms with van der Waals surface area (Å²) < 4.78 is 4.93. The fourth-order valence-corrected chi connectivity index (χ4v) is 3.22. The summed E-state index contributed by atoms with van der Waals surface area (Å²) >= 11 is 0. The first-order valence-electron chi connectivity index (χ1n) is 10.9. The molecule has 0 bridgehead atoms. The van der Waals surface area contributed by atoms with Crippen molar-refractivity contribution in [2.75, 3.05) is 6.61 Å². The first kappa shape index (κ1) is 23.5. The molecule has 0 aromatic rings. The molecule has 2 nitrogen and oxygen atoms in total. The van der Waals surface area contributed by atoms with Gasteiger partial charge in [0.15, 0.2) is 0 Å². The zero-order valence-corrected chi connectivity index (χ0v) is 16.8. The Morgan fingerprint density at radius 1 is 0.542 bits per heavy atom. The van der Waals surface area contributed by atoms with E-state index in [-0.39, 0.29) is 5.97 Å². The maximum absolute atomic E-state index is 10.6. The molecule has 24 heavy (non-hydrogen) atoms. The molecule has 0 aliphatic rings. The summed E-state index contributed by atoms with van der Waals surface area (Å²) in [5.41, 5.74) is 0. The van der Waals surface area contributed by atoms with E-state index in [0.29, 0.717) is 6.61 Å². The lowest BCUT2D eigenvalue weighted by Crippen LogP contribution is -2.00. The van der Waals surface area contributed by atoms with Crippen LogP contribution in [-0.4, -0.2) is 12.6 Å². The van der Waals surface area contributed by atoms with E-state index in [2.05, 4.69) is 6.92 Å². The Morgan fingerprint density at radius 3 is 1.12 bits per heavy atom. The van der Waals surface area contributed by atoms with Crippen LogP contribution in [0.3, 0.4) is 0 Å². The maximum Gasteiger partial charge on any atom is 0.302 e. The number of esters is 1. The Balaban J connectivity index is 2.97. The quantitative estimate of drug-likeness (QED) is 0.179. The van der Waals surface area contributed by atoms with Gasteiger partial charge in [-0.15, -0.1) is 0 Å². The molecular formula is C22H44O2. The van der Waals surface area contributed by atoms with Crippen molar-refractivity contribution in [1.29, 1.82) is 0 Å². The van der Waals surface area contributed by atoms with Gasteiger partial charge in [-0.3, -0.25) is 4.79 Å². The molecule has 0 rings (SSSR count). The Morgan fingerprint density at radius 2 is 0.833 bits per heavy atom. The van der Waals surface area contributed by atoms with E-state index in [1.54, 1.807) is 0 Å². The van der Waals surface area contributed by atoms with Gasteiger partial charge in [0.2, 0.25) is 0 Å². The summed E-state index contributed by atoms with van der Waals surface area (Å²) in [5.74, 6) is -0.151. The lowest BCUT2D eigenvalue weighted by Gasteiger charge is -2.04. The fraction of sp³-hybridized carbons (Fsp3) is 0.955. The van der Waals surface area contributed by atoms with Crippen molar-refractivity contribution >= 4 is 5.97 Å². The van der Waals surface area contributed by atoms with Crippen LogP contribution in [0.1, 0.15) is 129 Å². The van der Waals surface area contributed by atoms with Gasteiger partial charge >= 0.3 is 5.97 Å². The summed E-state index contributed by atoms with van der Waals surface area (Å²) in [6.45, 7) is 4.37. The third-order valence-electron chi connectivity index (χ3n) is 4.80. The molecule has 0 fully saturated rings. The molecule has 0 spiro atoms. The van der Waals surface area contributed by atoms with Gasteiger partial charge < -0.3 is 4.74 Å². The first-order chi connectivity index (χ1) is 11.8. The number of hydrogen-bond acceptors (Lipinski definition) is 2. The highest BCUT2D eigenvalue weighted by Crippen LogP contribution is 2.14. The summed E-state index contributed by atoms with van der Waals surface area (Å²) in [6.07, 6.45) is 24.9. The largest absolute Gasteiger partial charge is 0.466 e. The van der Waals surface area contributed by atoms with Gasteiger partial charge in [-0.25, -0.2) is 0 Å². The van der Waals surface area contributed by atoms with Crippen molar-refractivity contribution in [1.82, 2.24) is 0 Å². The molecule has 0 radical (unpaired) electrons. The van der Waals surface area contributed by atoms with Crippen LogP contribution >= 0.6 is 0 Å². The Bertz CT molecular complexity index is 250. The van der Waals surface area contributed by atoms with E-state index < -0.39 is 0 Å². The van der Waals surface area contributed by atoms with Gasteiger partial charge in [0, 0.05) is 6.92 Å². The molecule has 0 heterocycles. The number of hydrogen-bond donors (Lipinski definition) is 0. The molecule has 0 aliphatic carbocycles. The highest BCUT2D eigenvalue weighted by molar-refractivity contribution is 5.65. The molecule has 144 valence electrons. The Kier molecular flexibility index (Phi) is 20.1. The maximum atomic E-state index is 10.6. The fourth-order valence-electron chi connectivity index (χ4n) is 3.22. The van der Waals surface area contributed by atoms with Crippen LogP contribution in [0.4, 0.5) is 0 Å². The lowest BCUT2D eigenvalue weighted by atomic mass is 10.0. The van der Waals surface area contributed by atoms with E-state index >= 15 is 0 Å². The minimum atomic E-state index is -0.151. The third-order valence-corrected chi connectivity index (χ3v) is 4.80. The van der Waals surface area contributed by atoms with Crippen molar-refractivity contribution in [2.45, 2.75) is 129 Å². The molecule has 0 aromatic heterocycles. The molecule has 0 atom stereocenters. The van der Waals surface area contributed by atoms with Gasteiger partial charge in [0.05, 0.1) is 6.61 Å². The summed E-state index contributed by atoms with van der Waals surface area (Å²) in [5, 5.41) is 0. The van der Waals surface area contributed by atoms with Crippen LogP contribution < -0.4 is 0 Å². The zero-order valence-electron chi connectivity index (χ0n) is 16.8. The van der Waals surface area contributed by atoms with E-state index in [1.807, 2.05) is 0 Å². The predicted molar refractivity (Wildman–Crippen MR) is 105 cm³/mol. The average Bonchev–Trinajstić information content (AvgIpc) is 2.56. The van der Waals surface area contributed by atoms with Gasteiger partial charge in [-0.05, 0) is 6.42 Å². The van der Waals surface area contributed by atoms with E-state index in [9.17, 15) is 4.79 Å². The van der Waals surface area contributed by atoms with Crippen molar-refractivity contribution in [3.63, 3.8) is 0 Å². The standard InChI is InChI=1S/C22H44O2/c1-3-4-5-6-7-8-9-10-11-12-13-14-15-16-17-18-19-20-21-24-22(2)23/h3-21H2,1-2H3. The topological polar surface area (TPSA) is 26.3 Å². The van der Waals surface area contributed by atoms with Gasteiger partial charge in [0.1, 0.15) is 0 Å². The van der Waals surface area contributed by atoms with Gasteiger partial charge in [0.25, 0.3) is 0 Å². The van der Waals surface area contributed by atoms with Crippen molar-refractivity contribution in [3.8, 4) is 0 Å². The van der Waals surface area contributed by atoms with Crippen LogP contribution in [0.2, 0.25) is 0 Å². The number of carbonyl (C=O) groups excluding carboxylic acids is 1. The number of carbonyl (C=O) groups is 1. The minimum absolute atomic E-state index is 0.151. The second kappa shape index (κ2) is 20.5. The second-order valence-electron chi connectivity index (χ2n) is 7.35. The number of unbranched alkanes of at least 4 members (excludes halogenated alkanes) is 17. The normalized spacial score (nSPS) is 10.9. The number of ether oxygens (including phenoxy) is 1. The summed E-state index contributed by atoms with van der Waals surface area (Å²) in [7, 11) is 0. The van der Waals surface area contributed by atoms with Gasteiger partial charge in [-0.1, -0.05) is 116 Å². The SMILES string of the molecule is CCCCCCCCCCCCCCCCCCCCOC(C)=O. The third kappa shape index (κ3) is 21.5. The Labute approximate surface area is 152 Å². The highest BCUT2D eigenvalue weighted by atomic mass is 16.5. The summed E-state index contributed by atoms with van der Waals surface area (Å²) in [6, 6.07) is 0. The molecule has 0 unspecified atom stereocenters. The van der Waals surface area contributed by atoms with Crippen LogP contribution in [-0.2, 0) is 9.53 Å². The van der Waals surface area contributed by atoms with E-state index in [4.69, 9.17) is 4.74 Å². The average molecular weight is 341 g/mol. The van der Waals surface area contributed by atoms with Crippen LogP contribution in [0.15, 0.2) is 0 Å². The lowest BCUT2D eigenvalue weighted by molar-refractivity contribution is -0.141. The van der Waals surface area contributed by atoms with Crippen molar-refractivity contribution in [3.05, 3.63) is 0 Å². The molecule has 0 aliphatic heterocycles. The monoisotopic (exact) mass is 340 g/mol. The highest BCUT2D eigenvalue weighted by Gasteiger charge is 1.96. The second-order valence-corrected chi connectivity index (χ2v) is 7.35. The van der Waals surface area contributed by atoms with Crippen LogP contribution in [0.5, 0.6) is 0 Å². The van der Waals surface area contributed by atoms with E-state index in [1.165, 1.54) is 116 Å². The molecule has 0 amide bonds. The van der Waals surface area contributed by atoms with E-state index in [0.717, 1.165) is 6.42 Å². The molecule has 2 heteroatoms. The summed E-state index contributed by atoms with van der Waals surface area (Å²) in [4.78, 5) is 10.6. The first-order valence-corrected chi connectivity index (χ1v) is 10.9. The van der Waals surface area contributed by atoms with Crippen LogP contribution in [0.25, 0.3) is 0 Å². The van der Waals surface area contributed by atoms with Crippen LogP contribution in [0, 0.1) is 0 Å². The molecule has 0 N–H and O–H groups in total. The molecule has 0 aromatic carbocycles. The molecule has 0 saturated carbocycles.